The van der Waals surface area contributed by atoms with E-state index in [0.717, 1.165) is 41.7 Å². The number of carbonyl (C=O) groups excluding carboxylic acids is 4. The Balaban J connectivity index is 1.24. The summed E-state index contributed by atoms with van der Waals surface area (Å²) in [6, 6.07) is 29.6. The van der Waals surface area contributed by atoms with Crippen LogP contribution in [-0.2, 0) is 32.3 Å². The highest BCUT2D eigenvalue weighted by Crippen LogP contribution is 2.34. The molecule has 0 aromatic heterocycles. The monoisotopic (exact) mass is 817 g/mol. The number of amides is 4. The quantitative estimate of drug-likeness (QED) is 0.0940. The number of nitrogens with one attached hydrogen (secondary N) is 3. The highest BCUT2D eigenvalue weighted by molar-refractivity contribution is 5.96. The predicted octanol–water partition coefficient (Wildman–Crippen LogP) is 5.38. The van der Waals surface area contributed by atoms with E-state index in [9.17, 15) is 24.3 Å². The van der Waals surface area contributed by atoms with Crippen molar-refractivity contribution in [3.05, 3.63) is 126 Å². The van der Waals surface area contributed by atoms with Gasteiger partial charge >= 0.3 is 6.09 Å². The Bertz CT molecular complexity index is 2080. The molecule has 6 N–H and O–H groups in total. The molecule has 0 radical (unpaired) electrons. The molecule has 0 aliphatic carbocycles. The molecule has 4 aromatic carbocycles. The van der Waals surface area contributed by atoms with Crippen molar-refractivity contribution in [2.75, 3.05) is 24.7 Å². The van der Waals surface area contributed by atoms with Crippen LogP contribution in [0, 0.1) is 5.92 Å². The van der Waals surface area contributed by atoms with E-state index in [0.29, 0.717) is 25.0 Å². The van der Waals surface area contributed by atoms with Gasteiger partial charge in [-0.2, -0.15) is 0 Å². The van der Waals surface area contributed by atoms with E-state index in [-0.39, 0.29) is 44.0 Å². The summed E-state index contributed by atoms with van der Waals surface area (Å²) in [6.45, 7) is 8.15. The number of carbonyl (C=O) groups is 4. The number of piperidine rings is 1. The zero-order chi connectivity index (χ0) is 42.6. The van der Waals surface area contributed by atoms with Crippen LogP contribution in [0.3, 0.4) is 0 Å². The molecule has 1 fully saturated rings. The summed E-state index contributed by atoms with van der Waals surface area (Å²) in [5.74, 6) is -1.25. The Morgan fingerprint density at radius 3 is 2.13 bits per heavy atom. The lowest BCUT2D eigenvalue weighted by Gasteiger charge is -2.34. The summed E-state index contributed by atoms with van der Waals surface area (Å²) in [7, 11) is 0. The molecule has 1 unspecified atom stereocenters. The molecule has 4 amide bonds. The number of hydrogen-bond donors (Lipinski definition) is 5. The van der Waals surface area contributed by atoms with Gasteiger partial charge in [0, 0.05) is 49.4 Å². The lowest BCUT2D eigenvalue weighted by molar-refractivity contribution is -0.133. The number of fused-ring (bicyclic) bond motifs is 1. The van der Waals surface area contributed by atoms with Gasteiger partial charge in [0.25, 0.3) is 0 Å². The number of anilines is 1. The van der Waals surface area contributed by atoms with Crippen molar-refractivity contribution >= 4 is 40.3 Å². The second-order valence-corrected chi connectivity index (χ2v) is 16.3. The fourth-order valence-corrected chi connectivity index (χ4v) is 7.72. The first-order valence-corrected chi connectivity index (χ1v) is 21.0. The molecule has 2 aliphatic heterocycles. The van der Waals surface area contributed by atoms with Gasteiger partial charge in [0.1, 0.15) is 25.4 Å². The average molecular weight is 818 g/mol. The normalized spacial score (nSPS) is 16.8. The van der Waals surface area contributed by atoms with Crippen molar-refractivity contribution in [3.8, 4) is 0 Å². The van der Waals surface area contributed by atoms with E-state index in [1.807, 2.05) is 110 Å². The van der Waals surface area contributed by atoms with Gasteiger partial charge in [-0.15, -0.1) is 0 Å². The largest absolute Gasteiger partial charge is 0.445 e. The zero-order valence-corrected chi connectivity index (χ0v) is 34.8. The number of nitrogens with zero attached hydrogens (tertiary/aromatic N) is 3. The topological polar surface area (TPSA) is 170 Å². The minimum absolute atomic E-state index is 0.0361. The molecule has 1 saturated heterocycles. The lowest BCUT2D eigenvalue weighted by Crippen LogP contribution is -2.59. The summed E-state index contributed by atoms with van der Waals surface area (Å²) in [4.78, 5) is 61.2. The molecule has 4 atom stereocenters. The number of rotatable bonds is 17. The molecule has 2 aliphatic rings. The van der Waals surface area contributed by atoms with Crippen molar-refractivity contribution in [1.82, 2.24) is 25.8 Å². The number of ether oxygens (including phenoxy) is 1. The van der Waals surface area contributed by atoms with E-state index in [1.165, 1.54) is 10.5 Å². The molecule has 2 heterocycles. The van der Waals surface area contributed by atoms with Gasteiger partial charge in [-0.25, -0.2) is 4.79 Å². The third-order valence-electron chi connectivity index (χ3n) is 11.1. The van der Waals surface area contributed by atoms with Crippen LogP contribution in [0.5, 0.6) is 0 Å². The van der Waals surface area contributed by atoms with Crippen molar-refractivity contribution in [3.63, 3.8) is 0 Å². The van der Waals surface area contributed by atoms with Gasteiger partial charge in [0.05, 0.1) is 17.8 Å². The molecular formula is C47H59N7O6. The van der Waals surface area contributed by atoms with E-state index in [4.69, 9.17) is 10.5 Å². The Kier molecular flexibility index (Phi) is 15.3. The van der Waals surface area contributed by atoms with Crippen LogP contribution in [0.2, 0.25) is 0 Å². The molecule has 0 bridgehead atoms. The van der Waals surface area contributed by atoms with E-state index < -0.39 is 42.1 Å². The summed E-state index contributed by atoms with van der Waals surface area (Å²) in [5, 5.41) is 22.1. The lowest BCUT2D eigenvalue weighted by atomic mass is 9.98. The minimum atomic E-state index is -1.30. The first-order chi connectivity index (χ1) is 28.9. The van der Waals surface area contributed by atoms with Crippen LogP contribution < -0.4 is 26.6 Å². The Morgan fingerprint density at radius 1 is 0.800 bits per heavy atom. The van der Waals surface area contributed by atoms with Gasteiger partial charge in [0.2, 0.25) is 17.7 Å². The molecular weight excluding hydrogens is 759 g/mol. The SMILES string of the molecule is CC(C)CC[C@H](O)C(NC(=O)[C@@H](CC1=CN(C(=O)[C@H](C)N)CN1c1cccc2ccccc12)NC(=O)OCc1ccccc1)C(=O)NC1CCN(Cc2ccccc2)CC1. The van der Waals surface area contributed by atoms with Gasteiger partial charge in [-0.1, -0.05) is 111 Å². The van der Waals surface area contributed by atoms with E-state index in [1.54, 1.807) is 13.1 Å². The van der Waals surface area contributed by atoms with Gasteiger partial charge < -0.3 is 36.4 Å². The summed E-state index contributed by atoms with van der Waals surface area (Å²) >= 11 is 0. The van der Waals surface area contributed by atoms with Crippen LogP contribution in [-0.4, -0.2) is 88.8 Å². The van der Waals surface area contributed by atoms with Gasteiger partial charge in [-0.05, 0) is 61.1 Å². The number of nitrogens with two attached hydrogens (primary N) is 1. The molecule has 318 valence electrons. The van der Waals surface area contributed by atoms with Crippen molar-refractivity contribution in [2.45, 2.75) is 96.3 Å². The van der Waals surface area contributed by atoms with E-state index in [2.05, 4.69) is 33.0 Å². The molecule has 0 spiro atoms. The number of benzene rings is 4. The summed E-state index contributed by atoms with van der Waals surface area (Å²) in [6.07, 6.45) is 1.85. The first kappa shape index (κ1) is 43.8. The van der Waals surface area contributed by atoms with Gasteiger partial charge in [-0.3, -0.25) is 24.2 Å². The van der Waals surface area contributed by atoms with Crippen molar-refractivity contribution in [1.29, 1.82) is 0 Å². The summed E-state index contributed by atoms with van der Waals surface area (Å²) < 4.78 is 5.57. The van der Waals surface area contributed by atoms with Crippen LogP contribution in [0.15, 0.2) is 115 Å². The predicted molar refractivity (Wildman–Crippen MR) is 233 cm³/mol. The van der Waals surface area contributed by atoms with Crippen LogP contribution in [0.1, 0.15) is 64.0 Å². The second-order valence-electron chi connectivity index (χ2n) is 16.3. The Labute approximate surface area is 352 Å². The molecule has 13 heteroatoms. The number of aliphatic hydroxyl groups is 1. The van der Waals surface area contributed by atoms with Crippen molar-refractivity contribution < 1.29 is 29.0 Å². The highest BCUT2D eigenvalue weighted by atomic mass is 16.5. The van der Waals surface area contributed by atoms with Gasteiger partial charge in [0.15, 0.2) is 0 Å². The maximum atomic E-state index is 14.6. The summed E-state index contributed by atoms with van der Waals surface area (Å²) in [5.41, 5.74) is 9.38. The number of aliphatic hydroxyl groups excluding tert-OH is 1. The third kappa shape index (κ3) is 11.9. The van der Waals surface area contributed by atoms with E-state index >= 15 is 0 Å². The molecule has 0 saturated carbocycles. The van der Waals surface area contributed by atoms with Crippen LogP contribution in [0.25, 0.3) is 10.8 Å². The fourth-order valence-electron chi connectivity index (χ4n) is 7.72. The Morgan fingerprint density at radius 2 is 1.45 bits per heavy atom. The number of alkyl carbamates (subject to hydrolysis) is 1. The number of likely N-dealkylation sites (tertiary alicyclic amines) is 1. The zero-order valence-electron chi connectivity index (χ0n) is 34.8. The maximum Gasteiger partial charge on any atom is 0.408 e. The van der Waals surface area contributed by atoms with Crippen LogP contribution in [0.4, 0.5) is 10.5 Å². The third-order valence-corrected chi connectivity index (χ3v) is 11.1. The van der Waals surface area contributed by atoms with Crippen molar-refractivity contribution in [2.24, 2.45) is 11.7 Å². The molecule has 60 heavy (non-hydrogen) atoms. The number of hydrogen-bond acceptors (Lipinski definition) is 9. The maximum absolute atomic E-state index is 14.6. The highest BCUT2D eigenvalue weighted by Gasteiger charge is 2.36. The smallest absolute Gasteiger partial charge is 0.408 e. The fraction of sp³-hybridized carbons (Fsp3) is 0.404. The average Bonchev–Trinajstić information content (AvgIpc) is 3.67. The molecule has 4 aromatic rings. The molecule has 13 nitrogen and oxygen atoms in total. The first-order valence-electron chi connectivity index (χ1n) is 21.0. The second kappa shape index (κ2) is 21.0. The molecule has 6 rings (SSSR count). The van der Waals surface area contributed by atoms with Crippen LogP contribution >= 0.6 is 0 Å². The minimum Gasteiger partial charge on any atom is -0.445 e. The Hall–Kier alpha value is -5.76. The standard InChI is InChI=1S/C47H59N7O6/c1-32(2)21-22-42(55)43(45(57)49-37-23-25-52(26-24-37)28-34-13-6-4-7-14-34)51-44(56)40(50-47(59)60-30-35-15-8-5-9-16-35)27-38-29-53(46(58)33(3)48)31-54(38)41-20-12-18-36-17-10-11-19-39(36)41/h4-20,29,32-33,37,40,42-43,55H,21-28,30-31,48H2,1-3H3,(H,49,57)(H,50,59)(H,51,56)/t33-,40+,42-,43?/m0/s1.